The average molecular weight is 381 g/mol. The van der Waals surface area contributed by atoms with Gasteiger partial charge in [-0.2, -0.15) is 0 Å². The molecule has 0 radical (unpaired) electrons. The van der Waals surface area contributed by atoms with Gasteiger partial charge in [-0.1, -0.05) is 30.7 Å². The third-order valence-electron chi connectivity index (χ3n) is 5.07. The van der Waals surface area contributed by atoms with Crippen molar-refractivity contribution in [2.75, 3.05) is 0 Å². The molecular weight excluding hydrogens is 362 g/mol. The van der Waals surface area contributed by atoms with Crippen LogP contribution >= 0.6 is 11.6 Å². The first-order valence-electron chi connectivity index (χ1n) is 8.24. The summed E-state index contributed by atoms with van der Waals surface area (Å²) in [5.41, 5.74) is 2.75. The van der Waals surface area contributed by atoms with Crippen LogP contribution in [-0.4, -0.2) is 16.0 Å². The van der Waals surface area contributed by atoms with Crippen LogP contribution in [0.4, 0.5) is 8.78 Å². The van der Waals surface area contributed by atoms with E-state index in [4.69, 9.17) is 17.3 Å². The molecule has 0 saturated carbocycles. The summed E-state index contributed by atoms with van der Waals surface area (Å²) in [6, 6.07) is 7.07. The fraction of sp³-hybridized carbons (Fsp3) is 0.368. The van der Waals surface area contributed by atoms with Crippen molar-refractivity contribution in [3.63, 3.8) is 0 Å². The number of aromatic nitrogens is 1. The van der Waals surface area contributed by atoms with Gasteiger partial charge < -0.3 is 10.8 Å². The molecule has 26 heavy (non-hydrogen) atoms. The molecule has 2 unspecified atom stereocenters. The Hall–Kier alpha value is -2.05. The molecule has 7 heteroatoms. The molecular formula is C19H19ClF2N2O2. The van der Waals surface area contributed by atoms with E-state index in [1.807, 2.05) is 6.92 Å². The number of nitrogens with two attached hydrogens (primary N) is 1. The zero-order chi connectivity index (χ0) is 19.3. The smallest absolute Gasteiger partial charge is 0.259 e. The lowest BCUT2D eigenvalue weighted by atomic mass is 9.75. The Labute approximate surface area is 155 Å². The van der Waals surface area contributed by atoms with Crippen LogP contribution in [0.1, 0.15) is 55.1 Å². The van der Waals surface area contributed by atoms with Gasteiger partial charge in [0, 0.05) is 22.2 Å². The second-order valence-electron chi connectivity index (χ2n) is 6.96. The molecule has 0 aliphatic heterocycles. The van der Waals surface area contributed by atoms with E-state index in [1.165, 1.54) is 25.1 Å². The first kappa shape index (κ1) is 18.7. The van der Waals surface area contributed by atoms with Gasteiger partial charge in [0.25, 0.3) is 5.91 Å². The SMILES string of the molecule is C[C@H](c1ccc2c(n1)C(C)(O)CCC2(F)C(N)=O)c1ccc(F)cc1Cl. The van der Waals surface area contributed by atoms with E-state index in [1.54, 1.807) is 12.1 Å². The Morgan fingerprint density at radius 2 is 2.04 bits per heavy atom. The van der Waals surface area contributed by atoms with Crippen molar-refractivity contribution in [3.05, 3.63) is 63.7 Å². The Kier molecular flexibility index (Phi) is 4.53. The zero-order valence-corrected chi connectivity index (χ0v) is 15.1. The van der Waals surface area contributed by atoms with Crippen LogP contribution in [0.2, 0.25) is 5.02 Å². The van der Waals surface area contributed by atoms with Crippen LogP contribution in [0, 0.1) is 5.82 Å². The van der Waals surface area contributed by atoms with Gasteiger partial charge >= 0.3 is 0 Å². The van der Waals surface area contributed by atoms with Gasteiger partial charge in [0.05, 0.1) is 5.69 Å². The summed E-state index contributed by atoms with van der Waals surface area (Å²) in [5, 5.41) is 10.9. The molecule has 3 rings (SSSR count). The number of pyridine rings is 1. The van der Waals surface area contributed by atoms with Crippen LogP contribution < -0.4 is 5.73 Å². The Balaban J connectivity index is 2.11. The summed E-state index contributed by atoms with van der Waals surface area (Å²) in [6.45, 7) is 3.35. The summed E-state index contributed by atoms with van der Waals surface area (Å²) in [6.07, 6.45) is -0.190. The summed E-state index contributed by atoms with van der Waals surface area (Å²) in [7, 11) is 0. The van der Waals surface area contributed by atoms with E-state index in [-0.39, 0.29) is 35.0 Å². The largest absolute Gasteiger partial charge is 0.384 e. The number of primary amides is 1. The van der Waals surface area contributed by atoms with Crippen molar-refractivity contribution in [2.24, 2.45) is 5.73 Å². The quantitative estimate of drug-likeness (QED) is 0.852. The second kappa shape index (κ2) is 6.28. The predicted molar refractivity (Wildman–Crippen MR) is 93.9 cm³/mol. The summed E-state index contributed by atoms with van der Waals surface area (Å²) in [5.74, 6) is -1.87. The van der Waals surface area contributed by atoms with Crippen molar-refractivity contribution < 1.29 is 18.7 Å². The van der Waals surface area contributed by atoms with Gasteiger partial charge in [-0.25, -0.2) is 8.78 Å². The molecule has 1 aliphatic rings. The van der Waals surface area contributed by atoms with Crippen LogP contribution in [0.5, 0.6) is 0 Å². The van der Waals surface area contributed by atoms with Crippen molar-refractivity contribution in [1.29, 1.82) is 0 Å². The second-order valence-corrected chi connectivity index (χ2v) is 7.37. The predicted octanol–water partition coefficient (Wildman–Crippen LogP) is 3.68. The Bertz CT molecular complexity index is 888. The number of alkyl halides is 1. The Morgan fingerprint density at radius 1 is 1.35 bits per heavy atom. The number of hydrogen-bond acceptors (Lipinski definition) is 3. The van der Waals surface area contributed by atoms with Gasteiger partial charge in [0.2, 0.25) is 5.67 Å². The molecule has 4 nitrogen and oxygen atoms in total. The maximum Gasteiger partial charge on any atom is 0.259 e. The van der Waals surface area contributed by atoms with Crippen LogP contribution in [0.25, 0.3) is 0 Å². The van der Waals surface area contributed by atoms with Crippen molar-refractivity contribution in [3.8, 4) is 0 Å². The number of nitrogens with zero attached hydrogens (tertiary/aromatic N) is 1. The van der Waals surface area contributed by atoms with E-state index in [9.17, 15) is 14.3 Å². The minimum absolute atomic E-state index is 0.0117. The molecule has 1 aromatic carbocycles. The number of carbonyl (C=O) groups is 1. The average Bonchev–Trinajstić information content (AvgIpc) is 2.57. The lowest BCUT2D eigenvalue weighted by Gasteiger charge is -2.37. The first-order chi connectivity index (χ1) is 12.1. The molecule has 2 aromatic rings. The molecule has 138 valence electrons. The van der Waals surface area contributed by atoms with Crippen molar-refractivity contribution >= 4 is 17.5 Å². The zero-order valence-electron chi connectivity index (χ0n) is 14.4. The first-order valence-corrected chi connectivity index (χ1v) is 8.62. The minimum Gasteiger partial charge on any atom is -0.384 e. The molecule has 0 spiro atoms. The summed E-state index contributed by atoms with van der Waals surface area (Å²) < 4.78 is 28.4. The minimum atomic E-state index is -2.36. The number of benzene rings is 1. The van der Waals surface area contributed by atoms with E-state index in [2.05, 4.69) is 4.98 Å². The molecule has 0 bridgehead atoms. The number of fused-ring (bicyclic) bond motifs is 1. The van der Waals surface area contributed by atoms with Crippen LogP contribution in [0.15, 0.2) is 30.3 Å². The fourth-order valence-electron chi connectivity index (χ4n) is 3.38. The number of rotatable bonds is 3. The highest BCUT2D eigenvalue weighted by Gasteiger charge is 2.49. The van der Waals surface area contributed by atoms with Gasteiger partial charge in [-0.15, -0.1) is 0 Å². The lowest BCUT2D eigenvalue weighted by Crippen LogP contribution is -2.45. The maximum atomic E-state index is 15.1. The highest BCUT2D eigenvalue weighted by molar-refractivity contribution is 6.31. The van der Waals surface area contributed by atoms with Crippen molar-refractivity contribution in [2.45, 2.75) is 43.9 Å². The van der Waals surface area contributed by atoms with E-state index >= 15 is 4.39 Å². The highest BCUT2D eigenvalue weighted by atomic mass is 35.5. The molecule has 3 atom stereocenters. The molecule has 1 aromatic heterocycles. The van der Waals surface area contributed by atoms with Crippen LogP contribution in [-0.2, 0) is 16.1 Å². The van der Waals surface area contributed by atoms with E-state index in [0.29, 0.717) is 11.3 Å². The normalized spacial score (nSPS) is 26.2. The lowest BCUT2D eigenvalue weighted by molar-refractivity contribution is -0.133. The summed E-state index contributed by atoms with van der Waals surface area (Å²) in [4.78, 5) is 16.1. The van der Waals surface area contributed by atoms with Gasteiger partial charge in [-0.3, -0.25) is 9.78 Å². The molecule has 0 fully saturated rings. The maximum absolute atomic E-state index is 15.1. The van der Waals surface area contributed by atoms with Crippen molar-refractivity contribution in [1.82, 2.24) is 4.98 Å². The third kappa shape index (κ3) is 2.97. The number of hydrogen-bond donors (Lipinski definition) is 2. The summed E-state index contributed by atoms with van der Waals surface area (Å²) >= 11 is 6.12. The molecule has 0 saturated heterocycles. The number of aliphatic hydroxyl groups is 1. The van der Waals surface area contributed by atoms with Gasteiger partial charge in [0.1, 0.15) is 11.4 Å². The number of halogens is 3. The molecule has 1 heterocycles. The topological polar surface area (TPSA) is 76.2 Å². The standard InChI is InChI=1S/C19H19ClF2N2O2/c1-10(12-4-3-11(21)9-14(12)20)15-6-5-13-16(24-15)18(2,26)7-8-19(13,22)17(23)25/h3-6,9-10,26H,7-8H2,1-2H3,(H2,23,25)/t10-,18?,19?/m0/s1. The number of carbonyl (C=O) groups excluding carboxylic acids is 1. The molecule has 1 aliphatic carbocycles. The van der Waals surface area contributed by atoms with Gasteiger partial charge in [-0.05, 0) is 43.5 Å². The van der Waals surface area contributed by atoms with E-state index < -0.39 is 23.0 Å². The van der Waals surface area contributed by atoms with Gasteiger partial charge in [0.15, 0.2) is 0 Å². The molecule has 1 amide bonds. The van der Waals surface area contributed by atoms with E-state index in [0.717, 1.165) is 0 Å². The highest BCUT2D eigenvalue weighted by Crippen LogP contribution is 2.45. The van der Waals surface area contributed by atoms with Crippen LogP contribution in [0.3, 0.4) is 0 Å². The Morgan fingerprint density at radius 3 is 2.65 bits per heavy atom. The monoisotopic (exact) mass is 380 g/mol. The number of amides is 1. The molecule has 3 N–H and O–H groups in total. The third-order valence-corrected chi connectivity index (χ3v) is 5.40. The fourth-order valence-corrected chi connectivity index (χ4v) is 3.71.